The van der Waals surface area contributed by atoms with E-state index in [4.69, 9.17) is 11.6 Å². The molecule has 1 aromatic rings. The lowest BCUT2D eigenvalue weighted by Gasteiger charge is -2.23. The molecule has 4 atom stereocenters. The minimum atomic E-state index is 0.834. The summed E-state index contributed by atoms with van der Waals surface area (Å²) in [6, 6.07) is 5.89. The summed E-state index contributed by atoms with van der Waals surface area (Å²) in [5.74, 6) is 1.84. The summed E-state index contributed by atoms with van der Waals surface area (Å²) >= 11 is 7.76. The number of hydrogen-bond acceptors (Lipinski definition) is 3. The number of thiophene rings is 1. The lowest BCUT2D eigenvalue weighted by Crippen LogP contribution is -2.33. The smallest absolute Gasteiger partial charge is 0.0931 e. The van der Waals surface area contributed by atoms with E-state index in [0.29, 0.717) is 0 Å². The molecule has 0 aliphatic carbocycles. The van der Waals surface area contributed by atoms with E-state index >= 15 is 0 Å². The Morgan fingerprint density at radius 1 is 1.24 bits per heavy atom. The number of rotatable bonds is 2. The van der Waals surface area contributed by atoms with E-state index in [1.54, 1.807) is 11.3 Å². The lowest BCUT2D eigenvalue weighted by molar-refractivity contribution is 0.220. The highest BCUT2D eigenvalue weighted by Crippen LogP contribution is 2.48. The highest BCUT2D eigenvalue weighted by Gasteiger charge is 2.54. The molecule has 3 fully saturated rings. The molecular formula is C13H17ClN2S. The molecule has 1 aromatic heterocycles. The van der Waals surface area contributed by atoms with Crippen molar-refractivity contribution in [2.45, 2.75) is 31.5 Å². The second-order valence-corrected chi connectivity index (χ2v) is 7.38. The molecule has 4 rings (SSSR count). The summed E-state index contributed by atoms with van der Waals surface area (Å²) in [7, 11) is 0. The van der Waals surface area contributed by atoms with Gasteiger partial charge in [-0.25, -0.2) is 0 Å². The average molecular weight is 269 g/mol. The number of fused-ring (bicyclic) bond motifs is 5. The first-order valence-electron chi connectivity index (χ1n) is 6.53. The van der Waals surface area contributed by atoms with Crippen LogP contribution >= 0.6 is 22.9 Å². The van der Waals surface area contributed by atoms with Crippen LogP contribution in [0.5, 0.6) is 0 Å². The molecule has 3 saturated heterocycles. The standard InChI is InChI=1S/C13H17ClN2S/c14-13-4-1-8(17-13)7-16-11-2-3-12(16)10-6-15-5-9(10)11/h1,4,9-12,15H,2-3,5-7H2/t9-,10+,11-,12+. The highest BCUT2D eigenvalue weighted by molar-refractivity contribution is 7.16. The monoisotopic (exact) mass is 268 g/mol. The Kier molecular flexibility index (Phi) is 2.51. The van der Waals surface area contributed by atoms with Crippen LogP contribution in [-0.2, 0) is 6.54 Å². The molecule has 0 unspecified atom stereocenters. The van der Waals surface area contributed by atoms with Crippen molar-refractivity contribution in [2.24, 2.45) is 11.8 Å². The van der Waals surface area contributed by atoms with Gasteiger partial charge in [0.05, 0.1) is 4.34 Å². The van der Waals surface area contributed by atoms with Crippen molar-refractivity contribution >= 4 is 22.9 Å². The van der Waals surface area contributed by atoms with E-state index in [2.05, 4.69) is 16.3 Å². The van der Waals surface area contributed by atoms with Crippen LogP contribution in [-0.4, -0.2) is 30.1 Å². The molecule has 2 nitrogen and oxygen atoms in total. The Labute approximate surface area is 111 Å². The average Bonchev–Trinajstić information content (AvgIpc) is 3.02. The fraction of sp³-hybridized carbons (Fsp3) is 0.692. The summed E-state index contributed by atoms with van der Waals surface area (Å²) in [6.07, 6.45) is 2.82. The number of halogens is 1. The molecule has 4 heteroatoms. The Balaban J connectivity index is 1.56. The van der Waals surface area contributed by atoms with Crippen LogP contribution in [0.3, 0.4) is 0 Å². The van der Waals surface area contributed by atoms with Crippen molar-refractivity contribution in [3.63, 3.8) is 0 Å². The number of hydrogen-bond donors (Lipinski definition) is 1. The Morgan fingerprint density at radius 3 is 2.53 bits per heavy atom. The molecule has 3 aliphatic rings. The molecule has 92 valence electrons. The molecule has 1 N–H and O–H groups in total. The van der Waals surface area contributed by atoms with Gasteiger partial charge in [0.15, 0.2) is 0 Å². The Morgan fingerprint density at radius 2 is 1.94 bits per heavy atom. The topological polar surface area (TPSA) is 15.3 Å². The molecule has 17 heavy (non-hydrogen) atoms. The molecule has 0 radical (unpaired) electrons. The van der Waals surface area contributed by atoms with Crippen molar-refractivity contribution in [2.75, 3.05) is 13.1 Å². The molecule has 4 heterocycles. The quantitative estimate of drug-likeness (QED) is 0.887. The van der Waals surface area contributed by atoms with E-state index in [1.807, 2.05) is 6.07 Å². The zero-order chi connectivity index (χ0) is 11.4. The Hall–Kier alpha value is -0.0900. The van der Waals surface area contributed by atoms with Crippen LogP contribution < -0.4 is 5.32 Å². The molecule has 3 aliphatic heterocycles. The predicted molar refractivity (Wildman–Crippen MR) is 71.5 cm³/mol. The van der Waals surface area contributed by atoms with Crippen LogP contribution in [0.2, 0.25) is 4.34 Å². The second kappa shape index (κ2) is 3.95. The first kappa shape index (κ1) is 10.8. The van der Waals surface area contributed by atoms with Gasteiger partial charge in [-0.05, 0) is 49.9 Å². The van der Waals surface area contributed by atoms with Crippen LogP contribution in [0.1, 0.15) is 17.7 Å². The highest BCUT2D eigenvalue weighted by atomic mass is 35.5. The first-order chi connectivity index (χ1) is 8.33. The van der Waals surface area contributed by atoms with E-state index in [-0.39, 0.29) is 0 Å². The van der Waals surface area contributed by atoms with Crippen LogP contribution in [0.15, 0.2) is 12.1 Å². The maximum Gasteiger partial charge on any atom is 0.0931 e. The third-order valence-electron chi connectivity index (χ3n) is 4.88. The number of nitrogens with zero attached hydrogens (tertiary/aromatic N) is 1. The van der Waals surface area contributed by atoms with Crippen molar-refractivity contribution in [3.05, 3.63) is 21.3 Å². The van der Waals surface area contributed by atoms with E-state index in [1.165, 1.54) is 30.8 Å². The third-order valence-corrected chi connectivity index (χ3v) is 6.09. The van der Waals surface area contributed by atoms with E-state index in [9.17, 15) is 0 Å². The second-order valence-electron chi connectivity index (χ2n) is 5.58. The van der Waals surface area contributed by atoms with Gasteiger partial charge in [-0.15, -0.1) is 11.3 Å². The maximum atomic E-state index is 6.02. The largest absolute Gasteiger partial charge is 0.316 e. The van der Waals surface area contributed by atoms with Gasteiger partial charge >= 0.3 is 0 Å². The molecule has 0 amide bonds. The van der Waals surface area contributed by atoms with E-state index in [0.717, 1.165) is 34.8 Å². The van der Waals surface area contributed by atoms with Crippen molar-refractivity contribution < 1.29 is 0 Å². The summed E-state index contributed by atoms with van der Waals surface area (Å²) in [6.45, 7) is 3.61. The van der Waals surface area contributed by atoms with Gasteiger partial charge in [0.25, 0.3) is 0 Å². The number of nitrogens with one attached hydrogen (secondary N) is 1. The van der Waals surface area contributed by atoms with Gasteiger partial charge in [-0.3, -0.25) is 4.90 Å². The molecular weight excluding hydrogens is 252 g/mol. The van der Waals surface area contributed by atoms with Crippen LogP contribution in [0.4, 0.5) is 0 Å². The minimum absolute atomic E-state index is 0.834. The zero-order valence-electron chi connectivity index (χ0n) is 9.73. The molecule has 2 bridgehead atoms. The Bertz CT molecular complexity index is 415. The fourth-order valence-corrected chi connectivity index (χ4v) is 5.35. The maximum absolute atomic E-state index is 6.02. The van der Waals surface area contributed by atoms with Crippen LogP contribution in [0.25, 0.3) is 0 Å². The zero-order valence-corrected chi connectivity index (χ0v) is 11.3. The van der Waals surface area contributed by atoms with Gasteiger partial charge in [-0.2, -0.15) is 0 Å². The molecule has 0 spiro atoms. The van der Waals surface area contributed by atoms with Gasteiger partial charge in [0, 0.05) is 23.5 Å². The lowest BCUT2D eigenvalue weighted by atomic mass is 9.82. The third kappa shape index (κ3) is 1.60. The summed E-state index contributed by atoms with van der Waals surface area (Å²) in [5.41, 5.74) is 0. The van der Waals surface area contributed by atoms with E-state index < -0.39 is 0 Å². The molecule has 0 aromatic carbocycles. The summed E-state index contributed by atoms with van der Waals surface area (Å²) in [5, 5.41) is 3.57. The van der Waals surface area contributed by atoms with Gasteiger partial charge in [0.1, 0.15) is 0 Å². The fourth-order valence-electron chi connectivity index (χ4n) is 4.25. The van der Waals surface area contributed by atoms with Gasteiger partial charge in [0.2, 0.25) is 0 Å². The first-order valence-corrected chi connectivity index (χ1v) is 7.73. The van der Waals surface area contributed by atoms with Crippen molar-refractivity contribution in [1.82, 2.24) is 10.2 Å². The minimum Gasteiger partial charge on any atom is -0.316 e. The molecule has 0 saturated carbocycles. The summed E-state index contributed by atoms with van der Waals surface area (Å²) in [4.78, 5) is 4.19. The van der Waals surface area contributed by atoms with Gasteiger partial charge < -0.3 is 5.32 Å². The predicted octanol–water partition coefficient (Wildman–Crippen LogP) is 2.58. The van der Waals surface area contributed by atoms with Crippen molar-refractivity contribution in [1.29, 1.82) is 0 Å². The van der Waals surface area contributed by atoms with Crippen LogP contribution in [0, 0.1) is 11.8 Å². The van der Waals surface area contributed by atoms with Gasteiger partial charge in [-0.1, -0.05) is 11.6 Å². The summed E-state index contributed by atoms with van der Waals surface area (Å²) < 4.78 is 0.924. The van der Waals surface area contributed by atoms with Crippen molar-refractivity contribution in [3.8, 4) is 0 Å². The normalized spacial score (nSPS) is 40.1. The SMILES string of the molecule is Clc1ccc(CN2[C@@H]3CC[C@H]2[C@H]2CNC[C@H]23)s1.